The van der Waals surface area contributed by atoms with Crippen molar-refractivity contribution in [2.24, 2.45) is 5.92 Å². The number of aromatic nitrogens is 2. The number of fused-ring (bicyclic) bond motifs is 3. The monoisotopic (exact) mass is 428 g/mol. The second-order valence-corrected chi connectivity index (χ2v) is 11.0. The lowest BCUT2D eigenvalue weighted by Gasteiger charge is -2.35. The second kappa shape index (κ2) is 7.34. The molecule has 1 aromatic carbocycles. The van der Waals surface area contributed by atoms with Crippen LogP contribution in [-0.2, 0) is 22.9 Å². The van der Waals surface area contributed by atoms with Crippen LogP contribution in [-0.4, -0.2) is 48.9 Å². The summed E-state index contributed by atoms with van der Waals surface area (Å²) in [7, 11) is -3.44. The molecule has 1 saturated heterocycles. The van der Waals surface area contributed by atoms with Gasteiger partial charge in [0.1, 0.15) is 17.0 Å². The van der Waals surface area contributed by atoms with Gasteiger partial charge in [0.15, 0.2) is 0 Å². The van der Waals surface area contributed by atoms with E-state index in [1.807, 2.05) is 6.07 Å². The van der Waals surface area contributed by atoms with E-state index in [1.54, 1.807) is 46.2 Å². The van der Waals surface area contributed by atoms with Crippen LogP contribution in [0, 0.1) is 5.92 Å². The molecule has 1 fully saturated rings. The number of rotatable bonds is 3. The molecule has 1 atom stereocenters. The van der Waals surface area contributed by atoms with E-state index in [0.717, 1.165) is 29.4 Å². The first kappa shape index (κ1) is 19.0. The molecule has 8 heteroatoms. The van der Waals surface area contributed by atoms with Gasteiger partial charge in [-0.2, -0.15) is 4.31 Å². The summed E-state index contributed by atoms with van der Waals surface area (Å²) in [5.74, 6) is 1.69. The Morgan fingerprint density at radius 2 is 1.83 bits per heavy atom. The summed E-state index contributed by atoms with van der Waals surface area (Å²) in [6.45, 7) is 4.52. The van der Waals surface area contributed by atoms with Crippen molar-refractivity contribution < 1.29 is 8.42 Å². The Balaban J connectivity index is 1.41. The Kier molecular flexibility index (Phi) is 4.80. The Labute approximate surface area is 175 Å². The normalized spacial score (nSPS) is 20.7. The van der Waals surface area contributed by atoms with E-state index in [9.17, 15) is 8.42 Å². The highest BCUT2D eigenvalue weighted by atomic mass is 32.2. The predicted molar refractivity (Wildman–Crippen MR) is 116 cm³/mol. The highest BCUT2D eigenvalue weighted by Gasteiger charge is 2.31. The third kappa shape index (κ3) is 3.33. The molecule has 29 heavy (non-hydrogen) atoms. The Morgan fingerprint density at radius 1 is 1.07 bits per heavy atom. The number of benzene rings is 1. The zero-order chi connectivity index (χ0) is 20.0. The minimum Gasteiger partial charge on any atom is -0.353 e. The third-order valence-corrected chi connectivity index (χ3v) is 9.07. The first-order chi connectivity index (χ1) is 14.0. The van der Waals surface area contributed by atoms with Crippen LogP contribution in [0.2, 0.25) is 0 Å². The van der Waals surface area contributed by atoms with Gasteiger partial charge in [0.25, 0.3) is 0 Å². The van der Waals surface area contributed by atoms with Gasteiger partial charge in [0, 0.05) is 31.1 Å². The Bertz CT molecular complexity index is 1140. The number of hydrogen-bond donors (Lipinski definition) is 0. The Morgan fingerprint density at radius 3 is 2.59 bits per heavy atom. The van der Waals surface area contributed by atoms with Crippen LogP contribution in [0.4, 0.5) is 5.82 Å². The molecule has 3 heterocycles. The van der Waals surface area contributed by atoms with Crippen molar-refractivity contribution >= 4 is 37.4 Å². The van der Waals surface area contributed by atoms with E-state index >= 15 is 0 Å². The number of nitrogens with zero attached hydrogens (tertiary/aromatic N) is 4. The van der Waals surface area contributed by atoms with Crippen LogP contribution in [0.5, 0.6) is 0 Å². The molecule has 1 aliphatic heterocycles. The summed E-state index contributed by atoms with van der Waals surface area (Å²) < 4.78 is 27.4. The molecule has 1 aliphatic carbocycles. The number of thiophene rings is 1. The molecule has 0 radical (unpaired) electrons. The van der Waals surface area contributed by atoms with Crippen LogP contribution in [0.15, 0.2) is 41.6 Å². The van der Waals surface area contributed by atoms with Gasteiger partial charge in [-0.3, -0.25) is 0 Å². The highest BCUT2D eigenvalue weighted by Crippen LogP contribution is 2.40. The number of hydrogen-bond acceptors (Lipinski definition) is 6. The number of anilines is 1. The molecule has 0 amide bonds. The van der Waals surface area contributed by atoms with Crippen molar-refractivity contribution in [2.75, 3.05) is 31.1 Å². The molecular weight excluding hydrogens is 404 g/mol. The smallest absolute Gasteiger partial charge is 0.243 e. The fraction of sp³-hybridized carbons (Fsp3) is 0.429. The summed E-state index contributed by atoms with van der Waals surface area (Å²) in [5.41, 5.74) is 1.41. The van der Waals surface area contributed by atoms with E-state index in [-0.39, 0.29) is 0 Å². The molecule has 0 N–H and O–H groups in total. The van der Waals surface area contributed by atoms with Crippen molar-refractivity contribution in [1.29, 1.82) is 0 Å². The maximum Gasteiger partial charge on any atom is 0.243 e. The van der Waals surface area contributed by atoms with Crippen LogP contribution < -0.4 is 4.90 Å². The fourth-order valence-corrected chi connectivity index (χ4v) is 7.17. The van der Waals surface area contributed by atoms with E-state index in [1.165, 1.54) is 22.2 Å². The Hall–Kier alpha value is -2.03. The van der Waals surface area contributed by atoms with Crippen molar-refractivity contribution in [3.63, 3.8) is 0 Å². The quantitative estimate of drug-likeness (QED) is 0.640. The van der Waals surface area contributed by atoms with E-state index in [0.29, 0.717) is 31.1 Å². The van der Waals surface area contributed by atoms with Crippen molar-refractivity contribution in [2.45, 2.75) is 31.1 Å². The standard InChI is InChI=1S/C21H24N4O2S2/c1-15-7-8-17-18(13-15)28-21-19(17)20(22-14-23-21)24-9-11-25(12-10-24)29(26,27)16-5-3-2-4-6-16/h2-6,14-15H,7-13H2,1H3/t15-/m0/s1. The van der Waals surface area contributed by atoms with Gasteiger partial charge in [-0.1, -0.05) is 25.1 Å². The summed E-state index contributed by atoms with van der Waals surface area (Å²) in [6, 6.07) is 8.69. The zero-order valence-electron chi connectivity index (χ0n) is 16.4. The SMILES string of the molecule is C[C@H]1CCc2c(sc3ncnc(N4CCN(S(=O)(=O)c5ccccc5)CC4)c23)C1. The van der Waals surface area contributed by atoms with E-state index < -0.39 is 10.0 Å². The maximum atomic E-state index is 12.9. The van der Waals surface area contributed by atoms with Gasteiger partial charge >= 0.3 is 0 Å². The van der Waals surface area contributed by atoms with Gasteiger partial charge in [-0.05, 0) is 42.9 Å². The molecule has 2 aromatic heterocycles. The number of sulfonamides is 1. The lowest BCUT2D eigenvalue weighted by Crippen LogP contribution is -2.49. The molecule has 2 aliphatic rings. The third-order valence-electron chi connectivity index (χ3n) is 5.99. The molecule has 152 valence electrons. The van der Waals surface area contributed by atoms with Crippen LogP contribution >= 0.6 is 11.3 Å². The molecule has 0 bridgehead atoms. The summed E-state index contributed by atoms with van der Waals surface area (Å²) >= 11 is 1.80. The average molecular weight is 429 g/mol. The van der Waals surface area contributed by atoms with Gasteiger partial charge in [-0.25, -0.2) is 18.4 Å². The van der Waals surface area contributed by atoms with Crippen molar-refractivity contribution in [1.82, 2.24) is 14.3 Å². The average Bonchev–Trinajstić information content (AvgIpc) is 3.12. The molecule has 0 saturated carbocycles. The van der Waals surface area contributed by atoms with Crippen LogP contribution in [0.3, 0.4) is 0 Å². The van der Waals surface area contributed by atoms with Crippen molar-refractivity contribution in [3.05, 3.63) is 47.1 Å². The molecule has 6 nitrogen and oxygen atoms in total. The minimum atomic E-state index is -3.44. The molecule has 5 rings (SSSR count). The highest BCUT2D eigenvalue weighted by molar-refractivity contribution is 7.89. The summed E-state index contributed by atoms with van der Waals surface area (Å²) in [6.07, 6.45) is 5.06. The molecule has 3 aromatic rings. The van der Waals surface area contributed by atoms with Gasteiger partial charge in [-0.15, -0.1) is 11.3 Å². The largest absolute Gasteiger partial charge is 0.353 e. The topological polar surface area (TPSA) is 66.4 Å². The van der Waals surface area contributed by atoms with E-state index in [4.69, 9.17) is 0 Å². The number of piperazine rings is 1. The van der Waals surface area contributed by atoms with E-state index in [2.05, 4.69) is 21.8 Å². The van der Waals surface area contributed by atoms with Gasteiger partial charge < -0.3 is 4.90 Å². The first-order valence-electron chi connectivity index (χ1n) is 10.1. The van der Waals surface area contributed by atoms with Crippen LogP contribution in [0.1, 0.15) is 23.8 Å². The second-order valence-electron chi connectivity index (χ2n) is 7.93. The summed E-state index contributed by atoms with van der Waals surface area (Å²) in [5, 5.41) is 1.19. The molecule has 0 spiro atoms. The maximum absolute atomic E-state index is 12.9. The molecule has 0 unspecified atom stereocenters. The fourth-order valence-electron chi connectivity index (χ4n) is 4.38. The predicted octanol–water partition coefficient (Wildman–Crippen LogP) is 3.33. The number of aryl methyl sites for hydroxylation is 1. The first-order valence-corrected chi connectivity index (χ1v) is 12.3. The summed E-state index contributed by atoms with van der Waals surface area (Å²) in [4.78, 5) is 14.3. The van der Waals surface area contributed by atoms with Crippen LogP contribution in [0.25, 0.3) is 10.2 Å². The lowest BCUT2D eigenvalue weighted by molar-refractivity contribution is 0.384. The minimum absolute atomic E-state index is 0.360. The van der Waals surface area contributed by atoms with Gasteiger partial charge in [0.2, 0.25) is 10.0 Å². The zero-order valence-corrected chi connectivity index (χ0v) is 18.0. The van der Waals surface area contributed by atoms with Gasteiger partial charge in [0.05, 0.1) is 10.3 Å². The lowest BCUT2D eigenvalue weighted by atomic mass is 9.89. The van der Waals surface area contributed by atoms with Crippen molar-refractivity contribution in [3.8, 4) is 0 Å². The molecular formula is C21H24N4O2S2.